The highest BCUT2D eigenvalue weighted by Crippen LogP contribution is 2.17. The summed E-state index contributed by atoms with van der Waals surface area (Å²) >= 11 is 0. The molecule has 4 heteroatoms. The van der Waals surface area contributed by atoms with Gasteiger partial charge in [0.05, 0.1) is 12.0 Å². The molecule has 1 aliphatic rings. The molecule has 4 nitrogen and oxygen atoms in total. The highest BCUT2D eigenvalue weighted by molar-refractivity contribution is 5.79. The Morgan fingerprint density at radius 1 is 1.53 bits per heavy atom. The van der Waals surface area contributed by atoms with Crippen molar-refractivity contribution in [2.75, 3.05) is 26.8 Å². The molecule has 15 heavy (non-hydrogen) atoms. The highest BCUT2D eigenvalue weighted by Gasteiger charge is 2.28. The number of ether oxygens (including phenoxy) is 1. The largest absolute Gasteiger partial charge is 0.385 e. The third kappa shape index (κ3) is 3.88. The van der Waals surface area contributed by atoms with Crippen molar-refractivity contribution >= 4 is 5.91 Å². The summed E-state index contributed by atoms with van der Waals surface area (Å²) in [5.74, 6) is 0.0461. The van der Waals surface area contributed by atoms with Gasteiger partial charge in [0.15, 0.2) is 0 Å². The number of nitriles is 1. The summed E-state index contributed by atoms with van der Waals surface area (Å²) in [6.07, 6.45) is 3.54. The molecule has 0 saturated carbocycles. The average Bonchev–Trinajstić information content (AvgIpc) is 2.59. The van der Waals surface area contributed by atoms with Crippen LogP contribution in [0.5, 0.6) is 0 Å². The summed E-state index contributed by atoms with van der Waals surface area (Å²) in [4.78, 5) is 13.2. The topological polar surface area (TPSA) is 53.3 Å². The maximum atomic E-state index is 11.4. The molecule has 0 aromatic rings. The fraction of sp³-hybridized carbons (Fsp3) is 0.818. The Morgan fingerprint density at radius 3 is 2.93 bits per heavy atom. The van der Waals surface area contributed by atoms with Crippen LogP contribution in [-0.4, -0.2) is 37.6 Å². The molecule has 0 aromatic heterocycles. The number of carbonyl (C=O) groups excluding carboxylic acids is 1. The van der Waals surface area contributed by atoms with Gasteiger partial charge in [-0.2, -0.15) is 5.26 Å². The average molecular weight is 210 g/mol. The van der Waals surface area contributed by atoms with Crippen LogP contribution in [0.25, 0.3) is 0 Å². The van der Waals surface area contributed by atoms with Crippen molar-refractivity contribution in [3.05, 3.63) is 0 Å². The first-order valence-electron chi connectivity index (χ1n) is 5.44. The van der Waals surface area contributed by atoms with E-state index in [2.05, 4.69) is 6.07 Å². The molecule has 0 radical (unpaired) electrons. The third-order valence-electron chi connectivity index (χ3n) is 2.67. The summed E-state index contributed by atoms with van der Waals surface area (Å²) in [6.45, 7) is 2.20. The number of hydrogen-bond donors (Lipinski definition) is 0. The van der Waals surface area contributed by atoms with E-state index in [0.29, 0.717) is 13.0 Å². The van der Waals surface area contributed by atoms with Crippen molar-refractivity contribution in [2.45, 2.75) is 25.7 Å². The number of amides is 1. The summed E-state index contributed by atoms with van der Waals surface area (Å²) in [7, 11) is 1.70. The van der Waals surface area contributed by atoms with E-state index in [-0.39, 0.29) is 11.8 Å². The molecular formula is C11H18N2O2. The van der Waals surface area contributed by atoms with Crippen molar-refractivity contribution in [1.29, 1.82) is 5.26 Å². The second-order valence-corrected chi connectivity index (χ2v) is 3.92. The number of hydrogen-bond acceptors (Lipinski definition) is 3. The van der Waals surface area contributed by atoms with Crippen LogP contribution in [0.15, 0.2) is 0 Å². The number of nitrogens with zero attached hydrogens (tertiary/aromatic N) is 2. The Morgan fingerprint density at radius 2 is 2.33 bits per heavy atom. The zero-order chi connectivity index (χ0) is 11.1. The molecule has 1 heterocycles. The maximum Gasteiger partial charge on any atom is 0.224 e. The van der Waals surface area contributed by atoms with Gasteiger partial charge in [-0.15, -0.1) is 0 Å². The zero-order valence-electron chi connectivity index (χ0n) is 9.24. The first kappa shape index (κ1) is 12.0. The van der Waals surface area contributed by atoms with Crippen molar-refractivity contribution < 1.29 is 9.53 Å². The molecule has 0 bridgehead atoms. The number of carbonyl (C=O) groups is 1. The lowest BCUT2D eigenvalue weighted by Crippen LogP contribution is -2.26. The third-order valence-corrected chi connectivity index (χ3v) is 2.67. The van der Waals surface area contributed by atoms with Gasteiger partial charge in [-0.05, 0) is 19.3 Å². The van der Waals surface area contributed by atoms with Gasteiger partial charge in [-0.3, -0.25) is 4.79 Å². The molecule has 1 saturated heterocycles. The SMILES string of the molecule is COCCCCCN1CC(C#N)CC1=O. The van der Waals surface area contributed by atoms with Gasteiger partial charge in [0.25, 0.3) is 0 Å². The minimum atomic E-state index is -0.0866. The standard InChI is InChI=1S/C11H18N2O2/c1-15-6-4-2-3-5-13-9-10(8-12)7-11(13)14/h10H,2-7,9H2,1H3. The van der Waals surface area contributed by atoms with E-state index in [9.17, 15) is 4.79 Å². The van der Waals surface area contributed by atoms with Crippen molar-refractivity contribution in [3.8, 4) is 6.07 Å². The lowest BCUT2D eigenvalue weighted by atomic mass is 10.1. The predicted molar refractivity (Wildman–Crippen MR) is 56.0 cm³/mol. The Hall–Kier alpha value is -1.08. The van der Waals surface area contributed by atoms with Crippen LogP contribution in [0, 0.1) is 17.2 Å². The zero-order valence-corrected chi connectivity index (χ0v) is 9.24. The van der Waals surface area contributed by atoms with Gasteiger partial charge in [-0.1, -0.05) is 0 Å². The highest BCUT2D eigenvalue weighted by atomic mass is 16.5. The number of methoxy groups -OCH3 is 1. The van der Waals surface area contributed by atoms with Crippen LogP contribution < -0.4 is 0 Å². The fourth-order valence-electron chi connectivity index (χ4n) is 1.80. The quantitative estimate of drug-likeness (QED) is 0.618. The first-order valence-corrected chi connectivity index (χ1v) is 5.44. The Kier molecular flexibility index (Phi) is 5.13. The molecule has 0 aliphatic carbocycles. The van der Waals surface area contributed by atoms with Crippen LogP contribution in [-0.2, 0) is 9.53 Å². The maximum absolute atomic E-state index is 11.4. The molecule has 0 N–H and O–H groups in total. The summed E-state index contributed by atoms with van der Waals surface area (Å²) in [5.41, 5.74) is 0. The molecule has 0 spiro atoms. The van der Waals surface area contributed by atoms with Gasteiger partial charge in [-0.25, -0.2) is 0 Å². The minimum absolute atomic E-state index is 0.0866. The summed E-state index contributed by atoms with van der Waals surface area (Å²) < 4.78 is 4.95. The van der Waals surface area contributed by atoms with E-state index in [1.54, 1.807) is 12.0 Å². The van der Waals surface area contributed by atoms with Gasteiger partial charge in [0.1, 0.15) is 0 Å². The molecule has 1 amide bonds. The van der Waals surface area contributed by atoms with Gasteiger partial charge in [0, 0.05) is 33.2 Å². The molecule has 0 aromatic carbocycles. The van der Waals surface area contributed by atoms with Crippen LogP contribution in [0.4, 0.5) is 0 Å². The molecule has 1 unspecified atom stereocenters. The summed E-state index contributed by atoms with van der Waals surface area (Å²) in [6, 6.07) is 2.15. The smallest absolute Gasteiger partial charge is 0.224 e. The van der Waals surface area contributed by atoms with Crippen LogP contribution in [0.3, 0.4) is 0 Å². The molecule has 1 fully saturated rings. The predicted octanol–water partition coefficient (Wildman–Crippen LogP) is 1.18. The molecular weight excluding hydrogens is 192 g/mol. The normalized spacial score (nSPS) is 20.7. The Bertz CT molecular complexity index is 247. The van der Waals surface area contributed by atoms with Gasteiger partial charge < -0.3 is 9.64 Å². The Balaban J connectivity index is 2.12. The molecule has 1 rings (SSSR count). The van der Waals surface area contributed by atoms with E-state index in [0.717, 1.165) is 32.4 Å². The summed E-state index contributed by atoms with van der Waals surface area (Å²) in [5, 5.41) is 8.70. The minimum Gasteiger partial charge on any atom is -0.385 e. The van der Waals surface area contributed by atoms with Crippen molar-refractivity contribution in [2.24, 2.45) is 5.92 Å². The Labute approximate surface area is 90.8 Å². The number of rotatable bonds is 6. The number of unbranched alkanes of at least 4 members (excludes halogenated alkanes) is 2. The van der Waals surface area contributed by atoms with E-state index < -0.39 is 0 Å². The van der Waals surface area contributed by atoms with E-state index in [1.807, 2.05) is 0 Å². The second kappa shape index (κ2) is 6.41. The fourth-order valence-corrected chi connectivity index (χ4v) is 1.80. The van der Waals surface area contributed by atoms with Gasteiger partial charge >= 0.3 is 0 Å². The van der Waals surface area contributed by atoms with Gasteiger partial charge in [0.2, 0.25) is 5.91 Å². The van der Waals surface area contributed by atoms with E-state index in [1.165, 1.54) is 0 Å². The van der Waals surface area contributed by atoms with E-state index in [4.69, 9.17) is 10.00 Å². The van der Waals surface area contributed by atoms with Crippen molar-refractivity contribution in [1.82, 2.24) is 4.90 Å². The van der Waals surface area contributed by atoms with Crippen molar-refractivity contribution in [3.63, 3.8) is 0 Å². The lowest BCUT2D eigenvalue weighted by Gasteiger charge is -2.14. The van der Waals surface area contributed by atoms with Crippen LogP contribution in [0.2, 0.25) is 0 Å². The van der Waals surface area contributed by atoms with Crippen LogP contribution in [0.1, 0.15) is 25.7 Å². The lowest BCUT2D eigenvalue weighted by molar-refractivity contribution is -0.127. The first-order chi connectivity index (χ1) is 7.27. The number of likely N-dealkylation sites (tertiary alicyclic amines) is 1. The van der Waals surface area contributed by atoms with E-state index >= 15 is 0 Å². The molecule has 84 valence electrons. The molecule has 1 atom stereocenters. The molecule has 1 aliphatic heterocycles. The second-order valence-electron chi connectivity index (χ2n) is 3.92. The monoisotopic (exact) mass is 210 g/mol. The van der Waals surface area contributed by atoms with Crippen LogP contribution >= 0.6 is 0 Å².